The Labute approximate surface area is 181 Å². The number of nitrogens with one attached hydrogen (secondary N) is 2. The van der Waals surface area contributed by atoms with Crippen molar-refractivity contribution in [2.45, 2.75) is 13.5 Å². The minimum absolute atomic E-state index is 0.106. The number of carbonyl (C=O) groups excluding carboxylic acids is 1. The molecule has 1 aromatic heterocycles. The van der Waals surface area contributed by atoms with Crippen molar-refractivity contribution in [2.75, 3.05) is 13.1 Å². The minimum atomic E-state index is -0.515. The summed E-state index contributed by atoms with van der Waals surface area (Å²) in [6.45, 7) is 2.43. The van der Waals surface area contributed by atoms with Crippen LogP contribution in [0.5, 0.6) is 0 Å². The zero-order valence-electron chi connectivity index (χ0n) is 15.8. The fourth-order valence-electron chi connectivity index (χ4n) is 3.07. The Morgan fingerprint density at radius 3 is 2.83 bits per heavy atom. The Balaban J connectivity index is 1.75. The maximum atomic E-state index is 14.2. The highest BCUT2D eigenvalue weighted by atomic mass is 127. The minimum Gasteiger partial charge on any atom is -0.360 e. The summed E-state index contributed by atoms with van der Waals surface area (Å²) in [6.07, 6.45) is 3.29. The Morgan fingerprint density at radius 1 is 1.41 bits per heavy atom. The van der Waals surface area contributed by atoms with E-state index in [9.17, 15) is 14.0 Å². The van der Waals surface area contributed by atoms with Gasteiger partial charge in [0.1, 0.15) is 18.2 Å². The van der Waals surface area contributed by atoms with Crippen molar-refractivity contribution >= 4 is 28.5 Å². The Bertz CT molecular complexity index is 1050. The van der Waals surface area contributed by atoms with Gasteiger partial charge >= 0.3 is 0 Å². The molecule has 1 atom stereocenters. The van der Waals surface area contributed by atoms with Crippen molar-refractivity contribution in [3.8, 4) is 11.4 Å². The number of hydrogen-bond acceptors (Lipinski definition) is 5. The van der Waals surface area contributed by atoms with E-state index in [-0.39, 0.29) is 35.8 Å². The molecule has 1 aliphatic rings. The van der Waals surface area contributed by atoms with E-state index in [1.54, 1.807) is 12.1 Å². The van der Waals surface area contributed by atoms with Gasteiger partial charge in [-0.1, -0.05) is 40.8 Å². The summed E-state index contributed by atoms with van der Waals surface area (Å²) in [5.74, 6) is -0.796. The first-order valence-electron chi connectivity index (χ1n) is 8.95. The third kappa shape index (κ3) is 4.56. The van der Waals surface area contributed by atoms with Crippen LogP contribution in [-0.4, -0.2) is 28.5 Å². The highest BCUT2D eigenvalue weighted by Crippen LogP contribution is 2.33. The fraction of sp³-hybridized carbons (Fsp3) is 0.250. The molecular weight excluding hydrogens is 488 g/mol. The number of benzene rings is 1. The molecule has 4 N–H and O–H groups in total. The van der Waals surface area contributed by atoms with Gasteiger partial charge in [-0.25, -0.2) is 9.37 Å². The van der Waals surface area contributed by atoms with Gasteiger partial charge in [-0.05, 0) is 23.1 Å². The lowest BCUT2D eigenvalue weighted by atomic mass is 9.89. The van der Waals surface area contributed by atoms with E-state index in [4.69, 9.17) is 5.73 Å². The summed E-state index contributed by atoms with van der Waals surface area (Å²) in [5.41, 5.74) is 7.07. The molecule has 1 amide bonds. The molecule has 1 unspecified atom stereocenters. The first-order chi connectivity index (χ1) is 13.9. The highest BCUT2D eigenvalue weighted by molar-refractivity contribution is 14.1. The summed E-state index contributed by atoms with van der Waals surface area (Å²) in [6, 6.07) is 7.23. The number of nitrogens with two attached hydrogens (primary N) is 1. The molecule has 0 spiro atoms. The average molecular weight is 509 g/mol. The zero-order chi connectivity index (χ0) is 21.0. The molecule has 9 heteroatoms. The first-order valence-corrected chi connectivity index (χ1v) is 10.2. The van der Waals surface area contributed by atoms with Crippen LogP contribution in [0, 0.1) is 11.2 Å². The zero-order valence-corrected chi connectivity index (χ0v) is 17.9. The van der Waals surface area contributed by atoms with Gasteiger partial charge in [0.2, 0.25) is 5.91 Å². The molecule has 0 bridgehead atoms. The molecule has 0 saturated heterocycles. The summed E-state index contributed by atoms with van der Waals surface area (Å²) in [4.78, 5) is 28.9. The van der Waals surface area contributed by atoms with E-state index in [0.29, 0.717) is 6.54 Å². The van der Waals surface area contributed by atoms with Crippen LogP contribution in [0.4, 0.5) is 4.39 Å². The molecule has 1 aliphatic heterocycles. The van der Waals surface area contributed by atoms with Gasteiger partial charge in [-0.15, -0.1) is 0 Å². The van der Waals surface area contributed by atoms with E-state index in [1.807, 2.05) is 17.1 Å². The van der Waals surface area contributed by atoms with Crippen LogP contribution in [0.1, 0.15) is 6.92 Å². The second kappa shape index (κ2) is 8.87. The normalized spacial score (nSPS) is 19.7. The van der Waals surface area contributed by atoms with Gasteiger partial charge in [-0.3, -0.25) is 14.2 Å². The second-order valence-electron chi connectivity index (χ2n) is 6.89. The van der Waals surface area contributed by atoms with Gasteiger partial charge in [0.05, 0.1) is 12.1 Å². The van der Waals surface area contributed by atoms with Crippen molar-refractivity contribution in [1.82, 2.24) is 20.2 Å². The molecule has 152 valence electrons. The predicted octanol–water partition coefficient (Wildman–Crippen LogP) is 1.89. The Kier molecular flexibility index (Phi) is 6.48. The molecule has 2 heterocycles. The predicted molar refractivity (Wildman–Crippen MR) is 117 cm³/mol. The van der Waals surface area contributed by atoms with E-state index in [2.05, 4.69) is 38.2 Å². The van der Waals surface area contributed by atoms with Crippen molar-refractivity contribution in [2.24, 2.45) is 11.1 Å². The molecule has 2 aromatic rings. The number of hydrogen-bond donors (Lipinski definition) is 3. The van der Waals surface area contributed by atoms with E-state index >= 15 is 0 Å². The molecule has 0 fully saturated rings. The van der Waals surface area contributed by atoms with Crippen LogP contribution in [0.15, 0.2) is 62.9 Å². The third-order valence-electron chi connectivity index (χ3n) is 4.76. The van der Waals surface area contributed by atoms with Gasteiger partial charge in [0.15, 0.2) is 0 Å². The molecule has 1 aromatic carbocycles. The molecule has 0 radical (unpaired) electrons. The molecule has 0 saturated carbocycles. The number of halogens is 2. The number of carbonyl (C=O) groups is 1. The van der Waals surface area contributed by atoms with Gasteiger partial charge in [0.25, 0.3) is 5.56 Å². The lowest BCUT2D eigenvalue weighted by molar-refractivity contribution is -0.121. The lowest BCUT2D eigenvalue weighted by Gasteiger charge is -2.20. The maximum absolute atomic E-state index is 14.2. The molecule has 0 aliphatic carbocycles. The van der Waals surface area contributed by atoms with Crippen molar-refractivity contribution in [1.29, 1.82) is 0 Å². The van der Waals surface area contributed by atoms with Gasteiger partial charge in [-0.2, -0.15) is 0 Å². The van der Waals surface area contributed by atoms with E-state index < -0.39 is 11.4 Å². The number of amides is 1. The van der Waals surface area contributed by atoms with Crippen LogP contribution in [0.3, 0.4) is 0 Å². The standard InChI is InChI=1S/C20H21FIN5O2/c1-20(12-23)8-13(26-16(20)9-22)10-25-17(28)11-27-18(29)6-7-24-19(27)14-4-2-3-5-15(14)21/h2-9,26H,10-12,23H2,1H3,(H,25,28)/b16-9+. The topological polar surface area (TPSA) is 102 Å². The SMILES string of the molecule is CC1(CN)C=C(CNC(=O)Cn2c(-c3ccccc3F)nccc2=O)N/C1=C/I. The van der Waals surface area contributed by atoms with Crippen LogP contribution in [-0.2, 0) is 11.3 Å². The summed E-state index contributed by atoms with van der Waals surface area (Å²) >= 11 is 2.14. The largest absolute Gasteiger partial charge is 0.360 e. The van der Waals surface area contributed by atoms with E-state index in [1.165, 1.54) is 24.4 Å². The lowest BCUT2D eigenvalue weighted by Crippen LogP contribution is -2.35. The van der Waals surface area contributed by atoms with E-state index in [0.717, 1.165) is 16.0 Å². The van der Waals surface area contributed by atoms with Gasteiger partial charge in [0, 0.05) is 35.6 Å². The Morgan fingerprint density at radius 2 is 2.17 bits per heavy atom. The van der Waals surface area contributed by atoms with Crippen molar-refractivity contribution < 1.29 is 9.18 Å². The third-order valence-corrected chi connectivity index (χ3v) is 5.39. The Hall–Kier alpha value is -2.53. The van der Waals surface area contributed by atoms with Crippen LogP contribution < -0.4 is 21.9 Å². The molecule has 3 rings (SSSR count). The summed E-state index contributed by atoms with van der Waals surface area (Å²) in [5, 5.41) is 6.03. The number of aromatic nitrogens is 2. The molecule has 7 nitrogen and oxygen atoms in total. The van der Waals surface area contributed by atoms with Crippen molar-refractivity contribution in [3.05, 3.63) is 74.3 Å². The average Bonchev–Trinajstić information content (AvgIpc) is 3.05. The number of nitrogens with zero attached hydrogens (tertiary/aromatic N) is 2. The number of rotatable bonds is 6. The van der Waals surface area contributed by atoms with Gasteiger partial charge < -0.3 is 16.4 Å². The first kappa shape index (κ1) is 21.2. The molecular formula is C20H21FIN5O2. The second-order valence-corrected chi connectivity index (χ2v) is 7.51. The monoisotopic (exact) mass is 509 g/mol. The fourth-order valence-corrected chi connectivity index (χ4v) is 3.94. The maximum Gasteiger partial charge on any atom is 0.254 e. The van der Waals surface area contributed by atoms with Crippen LogP contribution in [0.2, 0.25) is 0 Å². The molecule has 29 heavy (non-hydrogen) atoms. The quantitative estimate of drug-likeness (QED) is 0.517. The highest BCUT2D eigenvalue weighted by Gasteiger charge is 2.31. The smallest absolute Gasteiger partial charge is 0.254 e. The van der Waals surface area contributed by atoms with Crippen LogP contribution >= 0.6 is 22.6 Å². The van der Waals surface area contributed by atoms with Crippen LogP contribution in [0.25, 0.3) is 11.4 Å². The summed E-state index contributed by atoms with van der Waals surface area (Å²) < 4.78 is 17.2. The summed E-state index contributed by atoms with van der Waals surface area (Å²) in [7, 11) is 0. The van der Waals surface area contributed by atoms with Crippen molar-refractivity contribution in [3.63, 3.8) is 0 Å².